The molecule has 88 valence electrons. The van der Waals surface area contributed by atoms with Crippen molar-refractivity contribution in [2.24, 2.45) is 11.3 Å². The minimum absolute atomic E-state index is 0.407. The van der Waals surface area contributed by atoms with Crippen LogP contribution in [0, 0.1) is 11.3 Å². The van der Waals surface area contributed by atoms with Crippen LogP contribution >= 0.6 is 15.9 Å². The zero-order valence-electron chi connectivity index (χ0n) is 10.2. The zero-order valence-corrected chi connectivity index (χ0v) is 11.8. The van der Waals surface area contributed by atoms with Crippen LogP contribution in [0.2, 0.25) is 0 Å². The van der Waals surface area contributed by atoms with Crippen molar-refractivity contribution in [1.29, 1.82) is 0 Å². The van der Waals surface area contributed by atoms with Crippen molar-refractivity contribution in [3.63, 3.8) is 0 Å². The number of hydrogen-bond donors (Lipinski definition) is 0. The Hall–Kier alpha value is -0.570. The van der Waals surface area contributed by atoms with Crippen molar-refractivity contribution in [3.8, 4) is 0 Å². The van der Waals surface area contributed by atoms with Gasteiger partial charge in [-0.1, -0.05) is 20.8 Å². The number of hydrogen-bond acceptors (Lipinski definition) is 2. The lowest BCUT2D eigenvalue weighted by Gasteiger charge is -2.27. The first-order valence-electron chi connectivity index (χ1n) is 5.83. The van der Waals surface area contributed by atoms with Crippen molar-refractivity contribution in [3.05, 3.63) is 22.8 Å². The van der Waals surface area contributed by atoms with Crippen LogP contribution in [0.25, 0.3) is 0 Å². The third kappa shape index (κ3) is 2.57. The Balaban J connectivity index is 2.06. The first-order chi connectivity index (χ1) is 7.47. The molecule has 1 saturated heterocycles. The molecule has 0 radical (unpaired) electrons. The van der Waals surface area contributed by atoms with E-state index in [4.69, 9.17) is 0 Å². The number of nitrogens with zero attached hydrogens (tertiary/aromatic N) is 2. The summed E-state index contributed by atoms with van der Waals surface area (Å²) in [6.45, 7) is 9.26. The Bertz CT molecular complexity index is 353. The minimum atomic E-state index is 0.407. The quantitative estimate of drug-likeness (QED) is 0.781. The molecule has 1 aliphatic rings. The fraction of sp³-hybridized carbons (Fsp3) is 0.615. The van der Waals surface area contributed by atoms with Gasteiger partial charge in [0.2, 0.25) is 0 Å². The molecule has 3 heteroatoms. The number of aromatic nitrogens is 1. The molecule has 1 atom stereocenters. The predicted molar refractivity (Wildman–Crippen MR) is 71.7 cm³/mol. The second kappa shape index (κ2) is 4.36. The maximum absolute atomic E-state index is 4.46. The molecule has 0 spiro atoms. The third-order valence-electron chi connectivity index (χ3n) is 3.45. The van der Waals surface area contributed by atoms with E-state index >= 15 is 0 Å². The summed E-state index contributed by atoms with van der Waals surface area (Å²) in [4.78, 5) is 6.85. The van der Waals surface area contributed by atoms with Gasteiger partial charge in [-0.3, -0.25) is 0 Å². The highest BCUT2D eigenvalue weighted by Crippen LogP contribution is 2.35. The number of anilines is 1. The van der Waals surface area contributed by atoms with Gasteiger partial charge in [0.1, 0.15) is 5.82 Å². The van der Waals surface area contributed by atoms with Crippen LogP contribution in [-0.2, 0) is 0 Å². The minimum Gasteiger partial charge on any atom is -0.356 e. The Kier molecular flexibility index (Phi) is 3.24. The summed E-state index contributed by atoms with van der Waals surface area (Å²) in [5.41, 5.74) is 0.407. The third-order valence-corrected chi connectivity index (χ3v) is 3.92. The average Bonchev–Trinajstić information content (AvgIpc) is 2.67. The molecule has 1 unspecified atom stereocenters. The van der Waals surface area contributed by atoms with Crippen molar-refractivity contribution < 1.29 is 0 Å². The molecule has 2 heterocycles. The maximum Gasteiger partial charge on any atom is 0.128 e. The highest BCUT2D eigenvalue weighted by Gasteiger charge is 2.32. The van der Waals surface area contributed by atoms with Gasteiger partial charge in [0.25, 0.3) is 0 Å². The van der Waals surface area contributed by atoms with Gasteiger partial charge in [-0.2, -0.15) is 0 Å². The lowest BCUT2D eigenvalue weighted by Crippen LogP contribution is -2.26. The molecule has 0 bridgehead atoms. The van der Waals surface area contributed by atoms with Crippen molar-refractivity contribution in [2.45, 2.75) is 27.2 Å². The van der Waals surface area contributed by atoms with Gasteiger partial charge in [-0.05, 0) is 45.8 Å². The first kappa shape index (κ1) is 11.9. The molecule has 1 aromatic heterocycles. The molecular weight excluding hydrogens is 264 g/mol. The molecular formula is C13H19BrN2. The van der Waals surface area contributed by atoms with E-state index in [2.05, 4.69) is 58.7 Å². The largest absolute Gasteiger partial charge is 0.356 e. The monoisotopic (exact) mass is 282 g/mol. The second-order valence-corrected chi connectivity index (χ2v) is 6.55. The van der Waals surface area contributed by atoms with Crippen LogP contribution in [0.4, 0.5) is 5.82 Å². The van der Waals surface area contributed by atoms with Gasteiger partial charge in [0.15, 0.2) is 0 Å². The van der Waals surface area contributed by atoms with Crippen LogP contribution in [0.5, 0.6) is 0 Å². The summed E-state index contributed by atoms with van der Waals surface area (Å²) in [7, 11) is 0. The standard InChI is InChI=1S/C13H19BrN2/c1-13(2,3)10-6-7-16(9-10)12-5-4-11(14)8-15-12/h4-5,8,10H,6-7,9H2,1-3H3. The van der Waals surface area contributed by atoms with Crippen LogP contribution in [-0.4, -0.2) is 18.1 Å². The molecule has 0 aliphatic carbocycles. The first-order valence-corrected chi connectivity index (χ1v) is 6.62. The topological polar surface area (TPSA) is 16.1 Å². The summed E-state index contributed by atoms with van der Waals surface area (Å²) in [5.74, 6) is 1.88. The van der Waals surface area contributed by atoms with Gasteiger partial charge in [-0.25, -0.2) is 4.98 Å². The van der Waals surface area contributed by atoms with Crippen LogP contribution in [0.15, 0.2) is 22.8 Å². The van der Waals surface area contributed by atoms with E-state index in [-0.39, 0.29) is 0 Å². The SMILES string of the molecule is CC(C)(C)C1CCN(c2ccc(Br)cn2)C1. The van der Waals surface area contributed by atoms with Crippen LogP contribution < -0.4 is 4.90 Å². The van der Waals surface area contributed by atoms with E-state index in [1.807, 2.05) is 6.20 Å². The summed E-state index contributed by atoms with van der Waals surface area (Å²) in [6.07, 6.45) is 3.15. The number of halogens is 1. The molecule has 1 aromatic rings. The van der Waals surface area contributed by atoms with Crippen LogP contribution in [0.3, 0.4) is 0 Å². The summed E-state index contributed by atoms with van der Waals surface area (Å²) in [5, 5.41) is 0. The molecule has 2 nitrogen and oxygen atoms in total. The highest BCUT2D eigenvalue weighted by molar-refractivity contribution is 9.10. The predicted octanol–water partition coefficient (Wildman–Crippen LogP) is 3.72. The van der Waals surface area contributed by atoms with E-state index in [1.54, 1.807) is 0 Å². The second-order valence-electron chi connectivity index (χ2n) is 5.63. The smallest absolute Gasteiger partial charge is 0.128 e. The molecule has 0 amide bonds. The van der Waals surface area contributed by atoms with E-state index in [0.29, 0.717) is 5.41 Å². The van der Waals surface area contributed by atoms with E-state index in [0.717, 1.165) is 29.3 Å². The lowest BCUT2D eigenvalue weighted by molar-refractivity contribution is 0.263. The molecule has 0 N–H and O–H groups in total. The molecule has 1 aliphatic heterocycles. The molecule has 0 saturated carbocycles. The lowest BCUT2D eigenvalue weighted by atomic mass is 9.80. The van der Waals surface area contributed by atoms with E-state index in [1.165, 1.54) is 6.42 Å². The van der Waals surface area contributed by atoms with Gasteiger partial charge in [-0.15, -0.1) is 0 Å². The fourth-order valence-corrected chi connectivity index (χ4v) is 2.46. The molecule has 0 aromatic carbocycles. The van der Waals surface area contributed by atoms with Crippen LogP contribution in [0.1, 0.15) is 27.2 Å². The normalized spacial score (nSPS) is 21.5. The maximum atomic E-state index is 4.46. The Morgan fingerprint density at radius 3 is 2.62 bits per heavy atom. The Morgan fingerprint density at radius 1 is 1.38 bits per heavy atom. The number of pyridine rings is 1. The number of rotatable bonds is 1. The summed E-state index contributed by atoms with van der Waals surface area (Å²) in [6, 6.07) is 4.15. The van der Waals surface area contributed by atoms with Gasteiger partial charge < -0.3 is 4.90 Å². The van der Waals surface area contributed by atoms with Gasteiger partial charge >= 0.3 is 0 Å². The van der Waals surface area contributed by atoms with Gasteiger partial charge in [0.05, 0.1) is 0 Å². The average molecular weight is 283 g/mol. The molecule has 2 rings (SSSR count). The van der Waals surface area contributed by atoms with E-state index in [9.17, 15) is 0 Å². The Labute approximate surface area is 106 Å². The van der Waals surface area contributed by atoms with Crippen molar-refractivity contribution >= 4 is 21.7 Å². The van der Waals surface area contributed by atoms with Crippen molar-refractivity contribution in [2.75, 3.05) is 18.0 Å². The fourth-order valence-electron chi connectivity index (χ4n) is 2.23. The highest BCUT2D eigenvalue weighted by atomic mass is 79.9. The van der Waals surface area contributed by atoms with E-state index < -0.39 is 0 Å². The molecule has 16 heavy (non-hydrogen) atoms. The van der Waals surface area contributed by atoms with Gasteiger partial charge in [0, 0.05) is 23.8 Å². The van der Waals surface area contributed by atoms with Crippen molar-refractivity contribution in [1.82, 2.24) is 4.98 Å². The summed E-state index contributed by atoms with van der Waals surface area (Å²) < 4.78 is 1.04. The summed E-state index contributed by atoms with van der Waals surface area (Å²) >= 11 is 3.42. The Morgan fingerprint density at radius 2 is 2.12 bits per heavy atom. The molecule has 1 fully saturated rings. The zero-order chi connectivity index (χ0) is 11.8.